The van der Waals surface area contributed by atoms with E-state index in [0.29, 0.717) is 47.3 Å². The van der Waals surface area contributed by atoms with Crippen LogP contribution in [0.4, 0.5) is 0 Å². The predicted molar refractivity (Wildman–Crippen MR) is 172 cm³/mol. The Hall–Kier alpha value is -4.72. The van der Waals surface area contributed by atoms with Crippen molar-refractivity contribution in [1.82, 2.24) is 0 Å². The monoisotopic (exact) mass is 602 g/mol. The second-order valence-electron chi connectivity index (χ2n) is 10.1. The number of hydrogen-bond acceptors (Lipinski definition) is 8. The summed E-state index contributed by atoms with van der Waals surface area (Å²) in [5, 5.41) is 0. The quantitative estimate of drug-likeness (QED) is 0.144. The fourth-order valence-electron chi connectivity index (χ4n) is 5.49. The van der Waals surface area contributed by atoms with Crippen molar-refractivity contribution in [3.63, 3.8) is 0 Å². The Morgan fingerprint density at radius 2 is 0.659 bits per heavy atom. The van der Waals surface area contributed by atoms with Gasteiger partial charge in [0.15, 0.2) is 23.0 Å². The molecule has 4 aromatic rings. The highest BCUT2D eigenvalue weighted by Gasteiger charge is 2.28. The maximum absolute atomic E-state index is 5.97. The smallest absolute Gasteiger partial charge is 0.204 e. The molecular formula is C36H42O8. The number of aryl methyl sites for hydroxylation is 4. The number of methoxy groups -OCH3 is 8. The van der Waals surface area contributed by atoms with Gasteiger partial charge in [-0.25, -0.2) is 0 Å². The van der Waals surface area contributed by atoms with Crippen molar-refractivity contribution in [2.45, 2.75) is 25.7 Å². The number of rotatable bonds is 15. The lowest BCUT2D eigenvalue weighted by Gasteiger charge is -2.23. The Labute approximate surface area is 260 Å². The Morgan fingerprint density at radius 3 is 0.932 bits per heavy atom. The van der Waals surface area contributed by atoms with Crippen molar-refractivity contribution in [2.24, 2.45) is 0 Å². The minimum absolute atomic E-state index is 0.508. The molecule has 0 fully saturated rings. The van der Waals surface area contributed by atoms with Crippen molar-refractivity contribution < 1.29 is 37.9 Å². The second-order valence-corrected chi connectivity index (χ2v) is 10.1. The lowest BCUT2D eigenvalue weighted by atomic mass is 9.93. The van der Waals surface area contributed by atoms with Crippen LogP contribution in [0.5, 0.6) is 46.0 Å². The molecule has 0 aliphatic carbocycles. The Balaban J connectivity index is 1.84. The molecule has 0 aromatic heterocycles. The van der Waals surface area contributed by atoms with Gasteiger partial charge in [-0.1, -0.05) is 24.3 Å². The van der Waals surface area contributed by atoms with Gasteiger partial charge in [-0.05, 0) is 84.3 Å². The molecule has 0 N–H and O–H groups in total. The zero-order chi connectivity index (χ0) is 31.6. The van der Waals surface area contributed by atoms with Crippen LogP contribution in [0.1, 0.15) is 22.3 Å². The molecule has 234 valence electrons. The summed E-state index contributed by atoms with van der Waals surface area (Å²) >= 11 is 0. The van der Waals surface area contributed by atoms with Crippen LogP contribution in [-0.4, -0.2) is 56.9 Å². The minimum atomic E-state index is 0.508. The van der Waals surface area contributed by atoms with Gasteiger partial charge in [0.1, 0.15) is 11.5 Å². The molecule has 44 heavy (non-hydrogen) atoms. The average Bonchev–Trinajstić information content (AvgIpc) is 3.08. The molecule has 4 rings (SSSR count). The second kappa shape index (κ2) is 15.1. The lowest BCUT2D eigenvalue weighted by Crippen LogP contribution is -2.05. The Morgan fingerprint density at radius 1 is 0.341 bits per heavy atom. The van der Waals surface area contributed by atoms with Crippen molar-refractivity contribution in [1.29, 1.82) is 0 Å². The summed E-state index contributed by atoms with van der Waals surface area (Å²) in [5.41, 5.74) is 5.86. The van der Waals surface area contributed by atoms with Crippen LogP contribution in [0, 0.1) is 0 Å². The number of ether oxygens (including phenoxy) is 8. The topological polar surface area (TPSA) is 73.8 Å². The third-order valence-corrected chi connectivity index (χ3v) is 7.73. The van der Waals surface area contributed by atoms with Crippen molar-refractivity contribution in [3.8, 4) is 57.1 Å². The van der Waals surface area contributed by atoms with E-state index in [4.69, 9.17) is 37.9 Å². The van der Waals surface area contributed by atoms with Crippen LogP contribution in [0.2, 0.25) is 0 Å². The van der Waals surface area contributed by atoms with E-state index in [1.807, 2.05) is 24.3 Å². The van der Waals surface area contributed by atoms with Gasteiger partial charge < -0.3 is 37.9 Å². The highest BCUT2D eigenvalue weighted by atomic mass is 16.5. The lowest BCUT2D eigenvalue weighted by molar-refractivity contribution is 0.320. The van der Waals surface area contributed by atoms with Crippen molar-refractivity contribution >= 4 is 0 Å². The minimum Gasteiger partial charge on any atom is -0.497 e. The van der Waals surface area contributed by atoms with Crippen LogP contribution < -0.4 is 37.9 Å². The summed E-state index contributed by atoms with van der Waals surface area (Å²) in [6.07, 6.45) is 2.96. The normalized spacial score (nSPS) is 10.6. The molecule has 0 bridgehead atoms. The first-order chi connectivity index (χ1) is 21.5. The summed E-state index contributed by atoms with van der Waals surface area (Å²) in [4.78, 5) is 0. The van der Waals surface area contributed by atoms with Crippen LogP contribution in [0.25, 0.3) is 11.1 Å². The van der Waals surface area contributed by atoms with Gasteiger partial charge in [-0.2, -0.15) is 0 Å². The molecule has 0 heterocycles. The molecule has 0 aliphatic heterocycles. The highest BCUT2D eigenvalue weighted by molar-refractivity contribution is 5.85. The molecule has 0 atom stereocenters. The summed E-state index contributed by atoms with van der Waals surface area (Å²) < 4.78 is 46.1. The molecule has 0 unspecified atom stereocenters. The van der Waals surface area contributed by atoms with Crippen molar-refractivity contribution in [3.05, 3.63) is 82.9 Å². The Kier molecular flexibility index (Phi) is 11.1. The van der Waals surface area contributed by atoms with Crippen LogP contribution >= 0.6 is 0 Å². The first-order valence-corrected chi connectivity index (χ1v) is 14.4. The van der Waals surface area contributed by atoms with E-state index >= 15 is 0 Å². The molecule has 0 saturated heterocycles. The van der Waals surface area contributed by atoms with E-state index in [0.717, 1.165) is 46.6 Å². The Bertz CT molecular complexity index is 1410. The van der Waals surface area contributed by atoms with Gasteiger partial charge in [0.05, 0.1) is 56.9 Å². The summed E-state index contributed by atoms with van der Waals surface area (Å²) in [6, 6.07) is 20.3. The van der Waals surface area contributed by atoms with E-state index in [1.165, 1.54) is 11.1 Å². The van der Waals surface area contributed by atoms with E-state index in [2.05, 4.69) is 36.4 Å². The van der Waals surface area contributed by atoms with Gasteiger partial charge in [0.2, 0.25) is 11.5 Å². The van der Waals surface area contributed by atoms with E-state index in [-0.39, 0.29) is 0 Å². The van der Waals surface area contributed by atoms with Crippen LogP contribution in [0.15, 0.2) is 60.7 Å². The average molecular weight is 603 g/mol. The summed E-state index contributed by atoms with van der Waals surface area (Å²) in [5.74, 6) is 4.98. The van der Waals surface area contributed by atoms with E-state index < -0.39 is 0 Å². The molecule has 0 saturated carbocycles. The predicted octanol–water partition coefficient (Wildman–Crippen LogP) is 6.99. The molecule has 4 aromatic carbocycles. The SMILES string of the molecule is COc1ccc(CCc2cc(-c3cc(CCc4ccc(OC)cc4)c(OC)c(OC)c3OC)c(OC)c(OC)c2OC)cc1. The fraction of sp³-hybridized carbons (Fsp3) is 0.333. The molecule has 8 nitrogen and oxygen atoms in total. The first-order valence-electron chi connectivity index (χ1n) is 14.4. The molecule has 8 heteroatoms. The van der Waals surface area contributed by atoms with Gasteiger partial charge in [-0.15, -0.1) is 0 Å². The number of hydrogen-bond donors (Lipinski definition) is 0. The van der Waals surface area contributed by atoms with E-state index in [1.54, 1.807) is 56.9 Å². The number of benzene rings is 4. The maximum atomic E-state index is 5.97. The molecule has 0 spiro atoms. The third-order valence-electron chi connectivity index (χ3n) is 7.73. The fourth-order valence-corrected chi connectivity index (χ4v) is 5.49. The van der Waals surface area contributed by atoms with E-state index in [9.17, 15) is 0 Å². The maximum Gasteiger partial charge on any atom is 0.204 e. The van der Waals surface area contributed by atoms with Gasteiger partial charge in [0.25, 0.3) is 0 Å². The van der Waals surface area contributed by atoms with Gasteiger partial charge >= 0.3 is 0 Å². The van der Waals surface area contributed by atoms with Gasteiger partial charge in [0, 0.05) is 11.1 Å². The van der Waals surface area contributed by atoms with Crippen LogP contribution in [0.3, 0.4) is 0 Å². The summed E-state index contributed by atoms with van der Waals surface area (Å²) in [6.45, 7) is 0. The molecule has 0 radical (unpaired) electrons. The highest BCUT2D eigenvalue weighted by Crippen LogP contribution is 2.53. The molecule has 0 aliphatic rings. The third kappa shape index (κ3) is 6.75. The zero-order valence-corrected chi connectivity index (χ0v) is 26.9. The van der Waals surface area contributed by atoms with Crippen LogP contribution in [-0.2, 0) is 25.7 Å². The molecule has 0 amide bonds. The summed E-state index contributed by atoms with van der Waals surface area (Å²) in [7, 11) is 13.1. The van der Waals surface area contributed by atoms with Gasteiger partial charge in [-0.3, -0.25) is 0 Å². The largest absolute Gasteiger partial charge is 0.497 e. The van der Waals surface area contributed by atoms with Crippen molar-refractivity contribution in [2.75, 3.05) is 56.9 Å². The standard InChI is InChI=1S/C36H42O8/c1-37-27-17-11-23(12-18-27)9-15-25-21-29(33(41-5)35(43-7)31(25)39-3)30-22-26(32(40-4)36(44-8)34(30)42-6)16-10-24-13-19-28(38-2)20-14-24/h11-14,17-22H,9-10,15-16H2,1-8H3. The molecular weight excluding hydrogens is 560 g/mol. The zero-order valence-electron chi connectivity index (χ0n) is 26.9. The first kappa shape index (κ1) is 32.2.